The molecule has 1 saturated carbocycles. The SMILES string of the molecule is CC1=C(C(=O)OC2CCCCC2)[C@@H](c2cccnc2)n2ncnc2N1. The lowest BCUT2D eigenvalue weighted by Crippen LogP contribution is -2.32. The lowest BCUT2D eigenvalue weighted by Gasteiger charge is -2.30. The van der Waals surface area contributed by atoms with Crippen molar-refractivity contribution in [1.29, 1.82) is 0 Å². The van der Waals surface area contributed by atoms with Gasteiger partial charge in [-0.25, -0.2) is 9.48 Å². The standard InChI is InChI=1S/C18H21N5O2/c1-12-15(17(24)25-14-7-3-2-4-8-14)16(13-6-5-9-19-10-13)23-18(22-12)20-11-21-23/h5-6,9-11,14,16H,2-4,7-8H2,1H3,(H,20,21,22)/t16-/m1/s1. The molecule has 0 amide bonds. The van der Waals surface area contributed by atoms with Crippen molar-refractivity contribution in [1.82, 2.24) is 19.7 Å². The molecule has 0 aromatic carbocycles. The van der Waals surface area contributed by atoms with Crippen LogP contribution in [0.2, 0.25) is 0 Å². The van der Waals surface area contributed by atoms with Crippen LogP contribution in [0.25, 0.3) is 0 Å². The van der Waals surface area contributed by atoms with Crippen LogP contribution in [0.4, 0.5) is 5.95 Å². The minimum Gasteiger partial charge on any atom is -0.459 e. The summed E-state index contributed by atoms with van der Waals surface area (Å²) in [7, 11) is 0. The Balaban J connectivity index is 1.69. The van der Waals surface area contributed by atoms with Gasteiger partial charge in [0, 0.05) is 18.1 Å². The fourth-order valence-corrected chi connectivity index (χ4v) is 3.60. The van der Waals surface area contributed by atoms with E-state index in [1.807, 2.05) is 19.1 Å². The van der Waals surface area contributed by atoms with E-state index in [2.05, 4.69) is 20.4 Å². The molecule has 1 fully saturated rings. The molecule has 0 bridgehead atoms. The summed E-state index contributed by atoms with van der Waals surface area (Å²) in [6, 6.07) is 3.41. The molecular weight excluding hydrogens is 318 g/mol. The molecule has 2 aliphatic rings. The topological polar surface area (TPSA) is 81.9 Å². The molecule has 0 radical (unpaired) electrons. The smallest absolute Gasteiger partial charge is 0.338 e. The molecule has 1 aliphatic carbocycles. The maximum Gasteiger partial charge on any atom is 0.338 e. The van der Waals surface area contributed by atoms with Crippen molar-refractivity contribution < 1.29 is 9.53 Å². The number of ether oxygens (including phenoxy) is 1. The summed E-state index contributed by atoms with van der Waals surface area (Å²) in [5, 5.41) is 7.46. The van der Waals surface area contributed by atoms with Gasteiger partial charge in [-0.1, -0.05) is 12.5 Å². The van der Waals surface area contributed by atoms with E-state index in [0.717, 1.165) is 36.9 Å². The second kappa shape index (κ2) is 6.66. The fraction of sp³-hybridized carbons (Fsp3) is 0.444. The number of anilines is 1. The highest BCUT2D eigenvalue weighted by Crippen LogP contribution is 2.35. The van der Waals surface area contributed by atoms with Gasteiger partial charge in [-0.15, -0.1) is 0 Å². The van der Waals surface area contributed by atoms with Crippen LogP contribution >= 0.6 is 0 Å². The number of aromatic nitrogens is 4. The van der Waals surface area contributed by atoms with Crippen LogP contribution in [-0.2, 0) is 9.53 Å². The van der Waals surface area contributed by atoms with Gasteiger partial charge in [0.1, 0.15) is 18.5 Å². The summed E-state index contributed by atoms with van der Waals surface area (Å²) in [6.07, 6.45) is 10.3. The van der Waals surface area contributed by atoms with Crippen LogP contribution in [0.5, 0.6) is 0 Å². The van der Waals surface area contributed by atoms with Crippen molar-refractivity contribution in [2.45, 2.75) is 51.2 Å². The second-order valence-electron chi connectivity index (χ2n) is 6.55. The van der Waals surface area contributed by atoms with Gasteiger partial charge in [0.05, 0.1) is 5.57 Å². The van der Waals surface area contributed by atoms with Gasteiger partial charge in [-0.2, -0.15) is 10.1 Å². The van der Waals surface area contributed by atoms with Crippen molar-refractivity contribution in [3.8, 4) is 0 Å². The number of nitrogens with zero attached hydrogens (tertiary/aromatic N) is 4. The Labute approximate surface area is 146 Å². The van der Waals surface area contributed by atoms with E-state index >= 15 is 0 Å². The van der Waals surface area contributed by atoms with Gasteiger partial charge in [-0.3, -0.25) is 4.98 Å². The number of esters is 1. The number of allylic oxidation sites excluding steroid dienone is 1. The Kier molecular flexibility index (Phi) is 4.21. The monoisotopic (exact) mass is 339 g/mol. The number of pyridine rings is 1. The second-order valence-corrected chi connectivity index (χ2v) is 6.55. The Bertz CT molecular complexity index is 793. The lowest BCUT2D eigenvalue weighted by molar-refractivity contribution is -0.146. The first-order valence-electron chi connectivity index (χ1n) is 8.72. The maximum atomic E-state index is 13.0. The molecule has 1 N–H and O–H groups in total. The van der Waals surface area contributed by atoms with E-state index in [1.165, 1.54) is 12.7 Å². The molecule has 25 heavy (non-hydrogen) atoms. The van der Waals surface area contributed by atoms with Crippen molar-refractivity contribution in [3.05, 3.63) is 47.7 Å². The zero-order valence-electron chi connectivity index (χ0n) is 14.2. The Morgan fingerprint density at radius 2 is 2.16 bits per heavy atom. The first-order valence-corrected chi connectivity index (χ1v) is 8.72. The van der Waals surface area contributed by atoms with Crippen molar-refractivity contribution in [3.63, 3.8) is 0 Å². The van der Waals surface area contributed by atoms with E-state index in [0.29, 0.717) is 11.5 Å². The summed E-state index contributed by atoms with van der Waals surface area (Å²) in [6.45, 7) is 1.87. The van der Waals surface area contributed by atoms with Crippen LogP contribution in [0.15, 0.2) is 42.1 Å². The third kappa shape index (κ3) is 3.01. The molecule has 7 nitrogen and oxygen atoms in total. The normalized spacial score (nSPS) is 20.8. The summed E-state index contributed by atoms with van der Waals surface area (Å²) < 4.78 is 7.54. The van der Waals surface area contributed by atoms with Gasteiger partial charge in [0.15, 0.2) is 0 Å². The van der Waals surface area contributed by atoms with Crippen LogP contribution in [-0.4, -0.2) is 31.8 Å². The van der Waals surface area contributed by atoms with Crippen LogP contribution in [0.1, 0.15) is 50.6 Å². The molecule has 1 aliphatic heterocycles. The summed E-state index contributed by atoms with van der Waals surface area (Å²) in [4.78, 5) is 21.4. The van der Waals surface area contributed by atoms with Crippen LogP contribution < -0.4 is 5.32 Å². The molecule has 3 heterocycles. The zero-order valence-corrected chi connectivity index (χ0v) is 14.2. The highest BCUT2D eigenvalue weighted by Gasteiger charge is 2.35. The Morgan fingerprint density at radius 3 is 2.92 bits per heavy atom. The molecular formula is C18H21N5O2. The molecule has 4 rings (SSSR count). The fourth-order valence-electron chi connectivity index (χ4n) is 3.60. The van der Waals surface area contributed by atoms with Crippen molar-refractivity contribution in [2.24, 2.45) is 0 Å². The van der Waals surface area contributed by atoms with Crippen LogP contribution in [0, 0.1) is 0 Å². The number of nitrogens with one attached hydrogen (secondary N) is 1. The molecule has 0 unspecified atom stereocenters. The quantitative estimate of drug-likeness (QED) is 0.866. The van der Waals surface area contributed by atoms with E-state index in [-0.39, 0.29) is 18.1 Å². The minimum absolute atomic E-state index is 0.00763. The average Bonchev–Trinajstić information content (AvgIpc) is 3.10. The number of hydrogen-bond donors (Lipinski definition) is 1. The van der Waals surface area contributed by atoms with Gasteiger partial charge in [-0.05, 0) is 44.2 Å². The van der Waals surface area contributed by atoms with E-state index in [4.69, 9.17) is 4.74 Å². The Morgan fingerprint density at radius 1 is 1.32 bits per heavy atom. The third-order valence-electron chi connectivity index (χ3n) is 4.84. The van der Waals surface area contributed by atoms with Gasteiger partial charge in [0.25, 0.3) is 0 Å². The summed E-state index contributed by atoms with van der Waals surface area (Å²) in [5.74, 6) is 0.326. The first-order chi connectivity index (χ1) is 12.2. The highest BCUT2D eigenvalue weighted by molar-refractivity contribution is 5.92. The van der Waals surface area contributed by atoms with Crippen molar-refractivity contribution >= 4 is 11.9 Å². The summed E-state index contributed by atoms with van der Waals surface area (Å²) >= 11 is 0. The lowest BCUT2D eigenvalue weighted by atomic mass is 9.95. The molecule has 130 valence electrons. The number of carbonyl (C=O) groups is 1. The van der Waals surface area contributed by atoms with E-state index in [1.54, 1.807) is 17.1 Å². The maximum absolute atomic E-state index is 13.0. The highest BCUT2D eigenvalue weighted by atomic mass is 16.5. The minimum atomic E-state index is -0.386. The molecule has 1 atom stereocenters. The van der Waals surface area contributed by atoms with Gasteiger partial charge >= 0.3 is 5.97 Å². The molecule has 2 aromatic rings. The largest absolute Gasteiger partial charge is 0.459 e. The molecule has 0 saturated heterocycles. The predicted molar refractivity (Wildman–Crippen MR) is 91.7 cm³/mol. The predicted octanol–water partition coefficient (Wildman–Crippen LogP) is 2.84. The zero-order chi connectivity index (χ0) is 17.2. The number of fused-ring (bicyclic) bond motifs is 1. The number of hydrogen-bond acceptors (Lipinski definition) is 6. The van der Waals surface area contributed by atoms with Gasteiger partial charge < -0.3 is 10.1 Å². The van der Waals surface area contributed by atoms with Crippen molar-refractivity contribution in [2.75, 3.05) is 5.32 Å². The van der Waals surface area contributed by atoms with E-state index < -0.39 is 0 Å². The first kappa shape index (κ1) is 15.8. The van der Waals surface area contributed by atoms with Crippen LogP contribution in [0.3, 0.4) is 0 Å². The number of carbonyl (C=O) groups excluding carboxylic acids is 1. The molecule has 2 aromatic heterocycles. The summed E-state index contributed by atoms with van der Waals surface area (Å²) in [5.41, 5.74) is 2.19. The Hall–Kier alpha value is -2.70. The molecule has 0 spiro atoms. The third-order valence-corrected chi connectivity index (χ3v) is 4.84. The van der Waals surface area contributed by atoms with E-state index in [9.17, 15) is 4.79 Å². The average molecular weight is 339 g/mol. The van der Waals surface area contributed by atoms with Gasteiger partial charge in [0.2, 0.25) is 5.95 Å². The number of rotatable bonds is 3. The molecule has 7 heteroatoms.